The van der Waals surface area contributed by atoms with E-state index in [1.54, 1.807) is 0 Å². The van der Waals surface area contributed by atoms with Crippen LogP contribution in [0.3, 0.4) is 0 Å². The molecule has 1 saturated heterocycles. The zero-order valence-electron chi connectivity index (χ0n) is 15.1. The first-order chi connectivity index (χ1) is 13.9. The molecular formula is C19H17F2N3O4S. The minimum absolute atomic E-state index is 0.0636. The van der Waals surface area contributed by atoms with Crippen molar-refractivity contribution in [2.45, 2.75) is 23.8 Å². The van der Waals surface area contributed by atoms with Crippen LogP contribution in [0.5, 0.6) is 0 Å². The summed E-state index contributed by atoms with van der Waals surface area (Å²) in [6.45, 7) is 0.727. The molecular weight excluding hydrogens is 404 g/mol. The number of carbonyl (C=O) groups excluding carboxylic acids is 1. The molecule has 152 valence electrons. The van der Waals surface area contributed by atoms with E-state index in [0.29, 0.717) is 12.3 Å². The average molecular weight is 421 g/mol. The van der Waals surface area contributed by atoms with Gasteiger partial charge in [0.15, 0.2) is 0 Å². The number of amides is 1. The molecule has 1 atom stereocenters. The fraction of sp³-hybridized carbons (Fsp3) is 0.263. The molecule has 7 nitrogen and oxygen atoms in total. The van der Waals surface area contributed by atoms with E-state index in [-0.39, 0.29) is 23.2 Å². The van der Waals surface area contributed by atoms with Gasteiger partial charge in [-0.2, -0.15) is 0 Å². The highest BCUT2D eigenvalue weighted by atomic mass is 32.2. The van der Waals surface area contributed by atoms with Crippen molar-refractivity contribution in [3.05, 3.63) is 54.1 Å². The topological polar surface area (TPSA) is 88.1 Å². The highest BCUT2D eigenvalue weighted by Gasteiger charge is 2.38. The summed E-state index contributed by atoms with van der Waals surface area (Å²) in [4.78, 5) is 12.2. The molecule has 1 N–H and O–H groups in total. The van der Waals surface area contributed by atoms with Crippen LogP contribution in [0.25, 0.3) is 0 Å². The minimum atomic E-state index is -4.36. The van der Waals surface area contributed by atoms with E-state index >= 15 is 0 Å². The number of benzene rings is 2. The molecule has 10 heteroatoms. The molecule has 0 radical (unpaired) electrons. The number of hydrazone groups is 1. The summed E-state index contributed by atoms with van der Waals surface area (Å²) in [7, 11) is -4.36. The molecule has 0 aliphatic carbocycles. The predicted molar refractivity (Wildman–Crippen MR) is 102 cm³/mol. The van der Waals surface area contributed by atoms with Gasteiger partial charge >= 0.3 is 0 Å². The van der Waals surface area contributed by atoms with Crippen molar-refractivity contribution in [1.82, 2.24) is 5.32 Å². The molecule has 0 unspecified atom stereocenters. The molecule has 2 aliphatic heterocycles. The summed E-state index contributed by atoms with van der Waals surface area (Å²) < 4.78 is 58.4. The van der Waals surface area contributed by atoms with Gasteiger partial charge in [-0.05, 0) is 55.3 Å². The molecule has 1 fully saturated rings. The second-order valence-corrected chi connectivity index (χ2v) is 8.49. The summed E-state index contributed by atoms with van der Waals surface area (Å²) >= 11 is 0. The molecule has 2 heterocycles. The number of carbonyl (C=O) groups is 1. The van der Waals surface area contributed by atoms with Crippen LogP contribution in [-0.2, 0) is 19.4 Å². The number of fused-ring (bicyclic) bond motifs is 1. The number of nitrogens with one attached hydrogen (secondary N) is 1. The van der Waals surface area contributed by atoms with Crippen LogP contribution in [0.4, 0.5) is 20.2 Å². The van der Waals surface area contributed by atoms with Gasteiger partial charge in [-0.1, -0.05) is 0 Å². The molecule has 2 aromatic rings. The summed E-state index contributed by atoms with van der Waals surface area (Å²) in [6, 6.07) is 8.28. The zero-order valence-corrected chi connectivity index (χ0v) is 16.0. The van der Waals surface area contributed by atoms with Crippen molar-refractivity contribution in [2.75, 3.05) is 18.2 Å². The normalized spacial score (nSPS) is 20.1. The first-order valence-corrected chi connectivity index (χ1v) is 10.4. The van der Waals surface area contributed by atoms with E-state index in [1.807, 2.05) is 0 Å². The largest absolute Gasteiger partial charge is 0.376 e. The quantitative estimate of drug-likeness (QED) is 0.820. The fourth-order valence-electron chi connectivity index (χ4n) is 3.21. The standard InChI is InChI=1S/C19H17F2N3O4S/c20-12-3-6-14(7-4-12)24-16-8-5-13(21)10-17(16)29(26,27)19(23-24)18(25)22-11-15-2-1-9-28-15/h3-8,10,15H,1-2,9,11H2,(H,22,25)/t15-/m0/s1. The van der Waals surface area contributed by atoms with Crippen molar-refractivity contribution in [1.29, 1.82) is 0 Å². The van der Waals surface area contributed by atoms with Gasteiger partial charge in [-0.15, -0.1) is 5.10 Å². The second kappa shape index (κ2) is 7.53. The Morgan fingerprint density at radius 3 is 2.59 bits per heavy atom. The maximum atomic E-state index is 13.8. The Balaban J connectivity index is 1.74. The number of halogens is 2. The lowest BCUT2D eigenvalue weighted by molar-refractivity contribution is -0.115. The van der Waals surface area contributed by atoms with Crippen LogP contribution in [-0.4, -0.2) is 38.6 Å². The van der Waals surface area contributed by atoms with Crippen LogP contribution < -0.4 is 10.3 Å². The molecule has 0 aromatic heterocycles. The number of hydrogen-bond acceptors (Lipinski definition) is 6. The van der Waals surface area contributed by atoms with Crippen LogP contribution in [0.1, 0.15) is 12.8 Å². The average Bonchev–Trinajstić information content (AvgIpc) is 3.21. The van der Waals surface area contributed by atoms with Gasteiger partial charge in [0.05, 0.1) is 17.5 Å². The first kappa shape index (κ1) is 19.5. The smallest absolute Gasteiger partial charge is 0.284 e. The number of nitrogens with zero attached hydrogens (tertiary/aromatic N) is 2. The van der Waals surface area contributed by atoms with E-state index in [1.165, 1.54) is 35.3 Å². The molecule has 4 rings (SSSR count). The highest BCUT2D eigenvalue weighted by Crippen LogP contribution is 2.37. The summed E-state index contributed by atoms with van der Waals surface area (Å²) in [5.41, 5.74) is 0.382. The first-order valence-electron chi connectivity index (χ1n) is 8.95. The lowest BCUT2D eigenvalue weighted by Gasteiger charge is -2.27. The number of sulfone groups is 1. The summed E-state index contributed by atoms with van der Waals surface area (Å²) in [5, 5.41) is 6.95. The number of anilines is 2. The van der Waals surface area contributed by atoms with E-state index in [2.05, 4.69) is 10.4 Å². The highest BCUT2D eigenvalue weighted by molar-refractivity contribution is 8.08. The van der Waals surface area contributed by atoms with Gasteiger partial charge in [0, 0.05) is 13.2 Å². The molecule has 1 amide bonds. The van der Waals surface area contributed by atoms with Crippen LogP contribution >= 0.6 is 0 Å². The van der Waals surface area contributed by atoms with Crippen molar-refractivity contribution >= 4 is 32.2 Å². The summed E-state index contributed by atoms with van der Waals surface area (Å²) in [5.74, 6) is -2.17. The number of rotatable bonds is 4. The number of hydrogen-bond donors (Lipinski definition) is 1. The Labute approximate surface area is 165 Å². The monoisotopic (exact) mass is 421 g/mol. The number of ether oxygens (including phenoxy) is 1. The van der Waals surface area contributed by atoms with Crippen molar-refractivity contribution in [3.8, 4) is 0 Å². The molecule has 0 bridgehead atoms. The molecule has 29 heavy (non-hydrogen) atoms. The maximum Gasteiger partial charge on any atom is 0.284 e. The molecule has 0 spiro atoms. The Morgan fingerprint density at radius 1 is 1.17 bits per heavy atom. The zero-order chi connectivity index (χ0) is 20.6. The SMILES string of the molecule is O=C(NC[C@@H]1CCCO1)C1=NN(c2ccc(F)cc2)c2ccc(F)cc2S1(=O)=O. The maximum absolute atomic E-state index is 13.8. The molecule has 2 aliphatic rings. The fourth-order valence-corrected chi connectivity index (χ4v) is 4.63. The third-order valence-electron chi connectivity index (χ3n) is 4.66. The van der Waals surface area contributed by atoms with E-state index in [0.717, 1.165) is 25.0 Å². The Kier molecular flexibility index (Phi) is 5.05. The minimum Gasteiger partial charge on any atom is -0.376 e. The summed E-state index contributed by atoms with van der Waals surface area (Å²) in [6.07, 6.45) is 1.43. The van der Waals surface area contributed by atoms with E-state index < -0.39 is 32.4 Å². The van der Waals surface area contributed by atoms with Gasteiger partial charge in [0.25, 0.3) is 5.91 Å². The lowest BCUT2D eigenvalue weighted by atomic mass is 10.2. The third kappa shape index (κ3) is 3.73. The van der Waals surface area contributed by atoms with Gasteiger partial charge in [0.2, 0.25) is 14.9 Å². The van der Waals surface area contributed by atoms with Crippen molar-refractivity contribution < 1.29 is 26.7 Å². The van der Waals surface area contributed by atoms with Gasteiger partial charge in [0.1, 0.15) is 16.5 Å². The van der Waals surface area contributed by atoms with Crippen LogP contribution in [0, 0.1) is 11.6 Å². The Morgan fingerprint density at radius 2 is 1.90 bits per heavy atom. The molecule has 0 saturated carbocycles. The van der Waals surface area contributed by atoms with Crippen molar-refractivity contribution in [3.63, 3.8) is 0 Å². The molecule has 2 aromatic carbocycles. The third-order valence-corrected chi connectivity index (χ3v) is 6.35. The second-order valence-electron chi connectivity index (χ2n) is 6.65. The van der Waals surface area contributed by atoms with Gasteiger partial charge in [-0.3, -0.25) is 4.79 Å². The lowest BCUT2D eigenvalue weighted by Crippen LogP contribution is -2.42. The van der Waals surface area contributed by atoms with E-state index in [9.17, 15) is 22.0 Å². The van der Waals surface area contributed by atoms with E-state index in [4.69, 9.17) is 4.74 Å². The van der Waals surface area contributed by atoms with Crippen LogP contribution in [0.15, 0.2) is 52.5 Å². The van der Waals surface area contributed by atoms with Crippen LogP contribution in [0.2, 0.25) is 0 Å². The van der Waals surface area contributed by atoms with Gasteiger partial charge in [-0.25, -0.2) is 22.2 Å². The predicted octanol–water partition coefficient (Wildman–Crippen LogP) is 2.50. The van der Waals surface area contributed by atoms with Gasteiger partial charge < -0.3 is 10.1 Å². The van der Waals surface area contributed by atoms with Crippen molar-refractivity contribution in [2.24, 2.45) is 5.10 Å². The Bertz CT molecular complexity index is 1080. The Hall–Kier alpha value is -2.85.